The van der Waals surface area contributed by atoms with Gasteiger partial charge in [-0.05, 0) is 46.2 Å². The average molecular weight is 412 g/mol. The van der Waals surface area contributed by atoms with Crippen LogP contribution in [0.15, 0.2) is 91.0 Å². The van der Waals surface area contributed by atoms with E-state index in [4.69, 9.17) is 9.47 Å². The number of benzene rings is 4. The van der Waals surface area contributed by atoms with Crippen molar-refractivity contribution in [2.45, 2.75) is 13.1 Å². The van der Waals surface area contributed by atoms with Crippen molar-refractivity contribution in [1.82, 2.24) is 4.90 Å². The minimum absolute atomic E-state index is 0.0683. The fourth-order valence-corrected chi connectivity index (χ4v) is 3.78. The molecule has 0 aromatic heterocycles. The van der Waals surface area contributed by atoms with Gasteiger partial charge in [-0.3, -0.25) is 4.79 Å². The van der Waals surface area contributed by atoms with Crippen LogP contribution in [0.2, 0.25) is 0 Å². The number of hydrogen-bond acceptors (Lipinski definition) is 3. The highest BCUT2D eigenvalue weighted by molar-refractivity contribution is 5.97. The number of nitrogens with zero attached hydrogens (tertiary/aromatic N) is 1. The number of carbonyl (C=O) groups excluding carboxylic acids is 1. The van der Waals surface area contributed by atoms with E-state index >= 15 is 0 Å². The summed E-state index contributed by atoms with van der Waals surface area (Å²) in [6, 6.07) is 29.6. The van der Waals surface area contributed by atoms with Crippen LogP contribution in [-0.4, -0.2) is 25.0 Å². The maximum Gasteiger partial charge on any atom is 0.258 e. The van der Waals surface area contributed by atoms with Crippen molar-refractivity contribution in [3.63, 3.8) is 0 Å². The second-order valence-corrected chi connectivity index (χ2v) is 7.35. The number of methoxy groups -OCH3 is 2. The molecular weight excluding hydrogens is 386 g/mol. The van der Waals surface area contributed by atoms with E-state index in [9.17, 15) is 4.79 Å². The lowest BCUT2D eigenvalue weighted by molar-refractivity contribution is 0.0727. The average Bonchev–Trinajstić information content (AvgIpc) is 2.83. The maximum absolute atomic E-state index is 13.6. The minimum atomic E-state index is -0.0683. The highest BCUT2D eigenvalue weighted by Crippen LogP contribution is 2.25. The minimum Gasteiger partial charge on any atom is -0.497 e. The third-order valence-corrected chi connectivity index (χ3v) is 5.40. The Labute approximate surface area is 182 Å². The third-order valence-electron chi connectivity index (χ3n) is 5.40. The zero-order valence-electron chi connectivity index (χ0n) is 17.7. The summed E-state index contributed by atoms with van der Waals surface area (Å²) in [6.45, 7) is 0.967. The molecule has 0 radical (unpaired) electrons. The first-order valence-corrected chi connectivity index (χ1v) is 10.2. The number of hydrogen-bond donors (Lipinski definition) is 0. The van der Waals surface area contributed by atoms with Gasteiger partial charge in [0, 0.05) is 13.1 Å². The molecule has 0 aliphatic carbocycles. The van der Waals surface area contributed by atoms with Crippen LogP contribution in [0.3, 0.4) is 0 Å². The molecule has 4 nitrogen and oxygen atoms in total. The van der Waals surface area contributed by atoms with Crippen molar-refractivity contribution in [2.75, 3.05) is 14.2 Å². The molecule has 0 unspecified atom stereocenters. The molecule has 0 heterocycles. The Morgan fingerprint density at radius 3 is 2.23 bits per heavy atom. The normalized spacial score (nSPS) is 10.6. The van der Waals surface area contributed by atoms with Crippen molar-refractivity contribution in [2.24, 2.45) is 0 Å². The standard InChI is InChI=1S/C27H25NO3/c1-30-23-16-14-20(15-17-23)18-28(27(29)25-12-5-6-13-26(25)31-2)19-22-10-7-9-21-8-3-4-11-24(21)22/h3-17H,18-19H2,1-2H3. The molecule has 156 valence electrons. The molecule has 0 bridgehead atoms. The summed E-state index contributed by atoms with van der Waals surface area (Å²) < 4.78 is 10.7. The molecule has 0 atom stereocenters. The summed E-state index contributed by atoms with van der Waals surface area (Å²) in [7, 11) is 3.23. The molecule has 31 heavy (non-hydrogen) atoms. The SMILES string of the molecule is COc1ccc(CN(Cc2cccc3ccccc23)C(=O)c2ccccc2OC)cc1. The molecule has 4 aromatic rings. The molecule has 0 fully saturated rings. The van der Waals surface area contributed by atoms with Crippen LogP contribution in [0.1, 0.15) is 21.5 Å². The topological polar surface area (TPSA) is 38.8 Å². The first-order valence-electron chi connectivity index (χ1n) is 10.2. The highest BCUT2D eigenvalue weighted by Gasteiger charge is 2.21. The molecule has 0 aliphatic heterocycles. The van der Waals surface area contributed by atoms with Gasteiger partial charge in [0.25, 0.3) is 5.91 Å². The number of rotatable bonds is 7. The second-order valence-electron chi connectivity index (χ2n) is 7.35. The van der Waals surface area contributed by atoms with Crippen molar-refractivity contribution in [1.29, 1.82) is 0 Å². The van der Waals surface area contributed by atoms with Crippen LogP contribution in [0.5, 0.6) is 11.5 Å². The molecule has 1 amide bonds. The number of carbonyl (C=O) groups is 1. The summed E-state index contributed by atoms with van der Waals surface area (Å²) >= 11 is 0. The molecule has 0 N–H and O–H groups in total. The summed E-state index contributed by atoms with van der Waals surface area (Å²) in [4.78, 5) is 15.5. The van der Waals surface area contributed by atoms with E-state index in [2.05, 4.69) is 24.3 Å². The van der Waals surface area contributed by atoms with E-state index < -0.39 is 0 Å². The Bertz CT molecular complexity index is 1180. The number of para-hydroxylation sites is 1. The van der Waals surface area contributed by atoms with Crippen molar-refractivity contribution < 1.29 is 14.3 Å². The van der Waals surface area contributed by atoms with Crippen LogP contribution < -0.4 is 9.47 Å². The summed E-state index contributed by atoms with van der Waals surface area (Å²) in [6.07, 6.45) is 0. The lowest BCUT2D eigenvalue weighted by Gasteiger charge is -2.25. The largest absolute Gasteiger partial charge is 0.497 e. The fourth-order valence-electron chi connectivity index (χ4n) is 3.78. The Morgan fingerprint density at radius 1 is 0.742 bits per heavy atom. The van der Waals surface area contributed by atoms with Crippen LogP contribution in [-0.2, 0) is 13.1 Å². The van der Waals surface area contributed by atoms with Gasteiger partial charge >= 0.3 is 0 Å². The van der Waals surface area contributed by atoms with Gasteiger partial charge in [-0.2, -0.15) is 0 Å². The first kappa shape index (κ1) is 20.5. The quantitative estimate of drug-likeness (QED) is 0.392. The zero-order chi connectivity index (χ0) is 21.6. The van der Waals surface area contributed by atoms with Gasteiger partial charge in [0.2, 0.25) is 0 Å². The Kier molecular flexibility index (Phi) is 6.18. The second kappa shape index (κ2) is 9.35. The summed E-state index contributed by atoms with van der Waals surface area (Å²) in [5, 5.41) is 2.31. The van der Waals surface area contributed by atoms with E-state index in [-0.39, 0.29) is 5.91 Å². The Morgan fingerprint density at radius 2 is 1.45 bits per heavy atom. The Hall–Kier alpha value is -3.79. The van der Waals surface area contributed by atoms with Crippen LogP contribution >= 0.6 is 0 Å². The van der Waals surface area contributed by atoms with Gasteiger partial charge in [-0.1, -0.05) is 66.7 Å². The van der Waals surface area contributed by atoms with Crippen LogP contribution in [0.4, 0.5) is 0 Å². The predicted molar refractivity (Wildman–Crippen MR) is 124 cm³/mol. The third kappa shape index (κ3) is 4.53. The van der Waals surface area contributed by atoms with Crippen LogP contribution in [0, 0.1) is 0 Å². The summed E-state index contributed by atoms with van der Waals surface area (Å²) in [5.74, 6) is 1.30. The summed E-state index contributed by atoms with van der Waals surface area (Å²) in [5.41, 5.74) is 2.69. The molecule has 0 saturated heterocycles. The van der Waals surface area contributed by atoms with Gasteiger partial charge in [-0.15, -0.1) is 0 Å². The predicted octanol–water partition coefficient (Wildman–Crippen LogP) is 5.70. The van der Waals surface area contributed by atoms with Crippen LogP contribution in [0.25, 0.3) is 10.8 Å². The Balaban J connectivity index is 1.71. The molecular formula is C27H25NO3. The van der Waals surface area contributed by atoms with E-state index in [1.807, 2.05) is 71.6 Å². The van der Waals surface area contributed by atoms with Gasteiger partial charge in [0.15, 0.2) is 0 Å². The molecule has 4 rings (SSSR count). The zero-order valence-corrected chi connectivity index (χ0v) is 17.7. The van der Waals surface area contributed by atoms with Crippen molar-refractivity contribution in [3.8, 4) is 11.5 Å². The molecule has 4 aromatic carbocycles. The van der Waals surface area contributed by atoms with E-state index in [1.54, 1.807) is 14.2 Å². The van der Waals surface area contributed by atoms with E-state index in [0.29, 0.717) is 24.4 Å². The monoisotopic (exact) mass is 411 g/mol. The molecule has 0 spiro atoms. The molecule has 0 saturated carbocycles. The number of ether oxygens (including phenoxy) is 2. The molecule has 4 heteroatoms. The van der Waals surface area contributed by atoms with E-state index in [1.165, 1.54) is 0 Å². The lowest BCUT2D eigenvalue weighted by atomic mass is 10.0. The maximum atomic E-state index is 13.6. The first-order chi connectivity index (χ1) is 15.2. The number of fused-ring (bicyclic) bond motifs is 1. The fraction of sp³-hybridized carbons (Fsp3) is 0.148. The number of amides is 1. The van der Waals surface area contributed by atoms with Gasteiger partial charge in [-0.25, -0.2) is 0 Å². The highest BCUT2D eigenvalue weighted by atomic mass is 16.5. The van der Waals surface area contributed by atoms with E-state index in [0.717, 1.165) is 27.6 Å². The van der Waals surface area contributed by atoms with Crippen molar-refractivity contribution in [3.05, 3.63) is 108 Å². The van der Waals surface area contributed by atoms with Gasteiger partial charge in [0.05, 0.1) is 19.8 Å². The smallest absolute Gasteiger partial charge is 0.258 e. The van der Waals surface area contributed by atoms with Crippen molar-refractivity contribution >= 4 is 16.7 Å². The van der Waals surface area contributed by atoms with Gasteiger partial charge < -0.3 is 14.4 Å². The molecule has 0 aliphatic rings. The lowest BCUT2D eigenvalue weighted by Crippen LogP contribution is -2.30. The van der Waals surface area contributed by atoms with Gasteiger partial charge in [0.1, 0.15) is 11.5 Å².